The van der Waals surface area contributed by atoms with E-state index >= 15 is 0 Å². The summed E-state index contributed by atoms with van der Waals surface area (Å²) < 4.78 is 0. The van der Waals surface area contributed by atoms with Gasteiger partial charge in [0.25, 0.3) is 5.82 Å². The average molecular weight is 393 g/mol. The predicted molar refractivity (Wildman–Crippen MR) is 116 cm³/mol. The molecule has 2 N–H and O–H groups in total. The molecule has 5 nitrogen and oxygen atoms in total. The first-order chi connectivity index (χ1) is 13.7. The number of pyridine rings is 1. The van der Waals surface area contributed by atoms with Gasteiger partial charge in [-0.2, -0.15) is 5.26 Å². The number of fused-ring (bicyclic) bond motifs is 1. The molecule has 0 amide bonds. The highest BCUT2D eigenvalue weighted by Crippen LogP contribution is 2.30. The number of rotatable bonds is 2. The molecule has 2 aromatic rings. The number of thiocarbonyl (C=S) groups is 1. The standard InChI is InChI=1S/C22H25N5S/c1-16-18-9-5-6-10-19(18)20(15-23)21(24-16)26-11-13-27(14-12-26)22(28)25-17-7-3-2-4-8-17/h2-4,7-8H,5-6,9-14H2,1H3,(H,25,28)/p+1. The summed E-state index contributed by atoms with van der Waals surface area (Å²) in [6.07, 6.45) is 4.50. The van der Waals surface area contributed by atoms with Crippen LogP contribution in [0.5, 0.6) is 0 Å². The van der Waals surface area contributed by atoms with Gasteiger partial charge < -0.3 is 10.2 Å². The lowest BCUT2D eigenvalue weighted by Gasteiger charge is -2.33. The fourth-order valence-corrected chi connectivity index (χ4v) is 4.57. The zero-order valence-electron chi connectivity index (χ0n) is 16.3. The summed E-state index contributed by atoms with van der Waals surface area (Å²) in [5.41, 5.74) is 5.70. The van der Waals surface area contributed by atoms with Crippen LogP contribution in [-0.4, -0.2) is 36.2 Å². The van der Waals surface area contributed by atoms with Gasteiger partial charge in [-0.15, -0.1) is 0 Å². The highest BCUT2D eigenvalue weighted by Gasteiger charge is 2.31. The largest absolute Gasteiger partial charge is 0.341 e. The van der Waals surface area contributed by atoms with Crippen LogP contribution in [0.25, 0.3) is 0 Å². The van der Waals surface area contributed by atoms with E-state index in [1.54, 1.807) is 0 Å². The Morgan fingerprint density at radius 3 is 2.43 bits per heavy atom. The minimum Gasteiger partial charge on any atom is -0.341 e. The van der Waals surface area contributed by atoms with E-state index in [0.29, 0.717) is 0 Å². The lowest BCUT2D eigenvalue weighted by Crippen LogP contribution is -2.51. The van der Waals surface area contributed by atoms with Crippen molar-refractivity contribution in [1.82, 2.24) is 4.90 Å². The van der Waals surface area contributed by atoms with Crippen LogP contribution in [0.1, 0.15) is 35.2 Å². The smallest absolute Gasteiger partial charge is 0.293 e. The normalized spacial score (nSPS) is 16.3. The molecule has 28 heavy (non-hydrogen) atoms. The minimum absolute atomic E-state index is 0.761. The second-order valence-electron chi connectivity index (χ2n) is 7.52. The van der Waals surface area contributed by atoms with E-state index in [9.17, 15) is 5.26 Å². The number of nitrogens with one attached hydrogen (secondary N) is 2. The van der Waals surface area contributed by atoms with Crippen LogP contribution in [0.4, 0.5) is 11.5 Å². The number of aromatic nitrogens is 1. The Morgan fingerprint density at radius 1 is 1.07 bits per heavy atom. The molecule has 0 unspecified atom stereocenters. The summed E-state index contributed by atoms with van der Waals surface area (Å²) in [5, 5.41) is 13.9. The van der Waals surface area contributed by atoms with Gasteiger partial charge in [-0.25, -0.2) is 4.98 Å². The first kappa shape index (κ1) is 18.7. The summed E-state index contributed by atoms with van der Waals surface area (Å²) in [4.78, 5) is 8.06. The van der Waals surface area contributed by atoms with Crippen molar-refractivity contribution in [3.8, 4) is 6.07 Å². The zero-order chi connectivity index (χ0) is 19.5. The van der Waals surface area contributed by atoms with Crippen molar-refractivity contribution in [2.24, 2.45) is 0 Å². The third kappa shape index (κ3) is 3.67. The van der Waals surface area contributed by atoms with Crippen molar-refractivity contribution in [3.05, 3.63) is 52.7 Å². The Labute approximate surface area is 172 Å². The van der Waals surface area contributed by atoms with Crippen molar-refractivity contribution >= 4 is 28.8 Å². The van der Waals surface area contributed by atoms with Gasteiger partial charge in [-0.05, 0) is 68.1 Å². The fourth-order valence-electron chi connectivity index (χ4n) is 4.27. The van der Waals surface area contributed by atoms with E-state index in [1.165, 1.54) is 29.7 Å². The third-order valence-corrected chi connectivity index (χ3v) is 6.15. The molecule has 0 bridgehead atoms. The molecular weight excluding hydrogens is 366 g/mol. The maximum atomic E-state index is 9.86. The number of anilines is 2. The Bertz CT molecular complexity index is 911. The zero-order valence-corrected chi connectivity index (χ0v) is 17.1. The van der Waals surface area contributed by atoms with E-state index < -0.39 is 0 Å². The molecule has 1 aromatic heterocycles. The molecule has 0 atom stereocenters. The van der Waals surface area contributed by atoms with Gasteiger partial charge in [-0.3, -0.25) is 4.90 Å². The van der Waals surface area contributed by atoms with Crippen LogP contribution >= 0.6 is 12.2 Å². The third-order valence-electron chi connectivity index (χ3n) is 5.78. The first-order valence-corrected chi connectivity index (χ1v) is 10.4. The topological polar surface area (TPSA) is 56.4 Å². The van der Waals surface area contributed by atoms with Crippen molar-refractivity contribution in [2.75, 3.05) is 36.4 Å². The van der Waals surface area contributed by atoms with E-state index in [0.717, 1.165) is 61.2 Å². The number of para-hydroxylation sites is 1. The Kier molecular flexibility index (Phi) is 5.45. The number of benzene rings is 1. The molecule has 0 radical (unpaired) electrons. The molecule has 1 saturated heterocycles. The summed E-state index contributed by atoms with van der Waals surface area (Å²) in [6.45, 7) is 5.52. The molecule has 144 valence electrons. The second kappa shape index (κ2) is 8.15. The van der Waals surface area contributed by atoms with Crippen LogP contribution in [-0.2, 0) is 12.8 Å². The Balaban J connectivity index is 1.47. The lowest BCUT2D eigenvalue weighted by molar-refractivity contribution is -0.375. The molecule has 0 saturated carbocycles. The molecule has 1 aromatic carbocycles. The number of nitriles is 1. The van der Waals surface area contributed by atoms with Crippen LogP contribution in [0.3, 0.4) is 0 Å². The number of hydrogen-bond donors (Lipinski definition) is 1. The van der Waals surface area contributed by atoms with Gasteiger partial charge in [0, 0.05) is 5.69 Å². The number of nitrogens with zero attached hydrogens (tertiary/aromatic N) is 3. The highest BCUT2D eigenvalue weighted by atomic mass is 32.1. The summed E-state index contributed by atoms with van der Waals surface area (Å²) in [6, 6.07) is 12.5. The quantitative estimate of drug-likeness (QED) is 0.796. The number of aromatic amines is 1. The fraction of sp³-hybridized carbons (Fsp3) is 0.409. The van der Waals surface area contributed by atoms with Crippen LogP contribution in [0, 0.1) is 18.3 Å². The molecule has 6 heteroatoms. The van der Waals surface area contributed by atoms with E-state index in [2.05, 4.69) is 33.1 Å². The van der Waals surface area contributed by atoms with E-state index in [1.807, 2.05) is 30.3 Å². The van der Waals surface area contributed by atoms with Crippen LogP contribution in [0.2, 0.25) is 0 Å². The average Bonchev–Trinajstić information content (AvgIpc) is 2.74. The Morgan fingerprint density at radius 2 is 1.75 bits per heavy atom. The maximum Gasteiger partial charge on any atom is 0.293 e. The SMILES string of the molecule is Cc1[nH+]c(N2CCN(C(=S)Nc3ccccc3)CC2)c(C#N)c2c1CCCC2. The van der Waals surface area contributed by atoms with Crippen molar-refractivity contribution in [1.29, 1.82) is 5.26 Å². The molecule has 1 aliphatic heterocycles. The van der Waals surface area contributed by atoms with Crippen LogP contribution < -0.4 is 15.2 Å². The van der Waals surface area contributed by atoms with Gasteiger partial charge in [0.1, 0.15) is 30.4 Å². The Hall–Kier alpha value is -2.65. The van der Waals surface area contributed by atoms with Crippen molar-refractivity contribution < 1.29 is 4.98 Å². The van der Waals surface area contributed by atoms with Crippen molar-refractivity contribution in [2.45, 2.75) is 32.6 Å². The summed E-state index contributed by atoms with van der Waals surface area (Å²) >= 11 is 5.60. The number of hydrogen-bond acceptors (Lipinski definition) is 3. The number of aryl methyl sites for hydroxylation is 1. The highest BCUT2D eigenvalue weighted by molar-refractivity contribution is 7.80. The van der Waals surface area contributed by atoms with Crippen LogP contribution in [0.15, 0.2) is 30.3 Å². The van der Waals surface area contributed by atoms with E-state index in [-0.39, 0.29) is 0 Å². The number of piperazine rings is 1. The number of H-pyrrole nitrogens is 1. The lowest BCUT2D eigenvalue weighted by atomic mass is 9.88. The molecule has 1 aliphatic carbocycles. The minimum atomic E-state index is 0.761. The molecule has 4 rings (SSSR count). The molecule has 0 spiro atoms. The molecule has 2 aliphatic rings. The molecular formula is C22H26N5S+. The van der Waals surface area contributed by atoms with Gasteiger partial charge in [0.15, 0.2) is 5.11 Å². The molecule has 2 heterocycles. The van der Waals surface area contributed by atoms with Gasteiger partial charge in [0.2, 0.25) is 0 Å². The first-order valence-electron chi connectivity index (χ1n) is 10.0. The second-order valence-corrected chi connectivity index (χ2v) is 7.91. The maximum absolute atomic E-state index is 9.86. The monoisotopic (exact) mass is 392 g/mol. The predicted octanol–water partition coefficient (Wildman–Crippen LogP) is 3.08. The van der Waals surface area contributed by atoms with Gasteiger partial charge >= 0.3 is 0 Å². The van der Waals surface area contributed by atoms with E-state index in [4.69, 9.17) is 12.2 Å². The van der Waals surface area contributed by atoms with Crippen molar-refractivity contribution in [3.63, 3.8) is 0 Å². The summed E-state index contributed by atoms with van der Waals surface area (Å²) in [5.74, 6) is 0.988. The summed E-state index contributed by atoms with van der Waals surface area (Å²) in [7, 11) is 0. The molecule has 1 fully saturated rings. The van der Waals surface area contributed by atoms with Gasteiger partial charge in [-0.1, -0.05) is 18.2 Å². The van der Waals surface area contributed by atoms with Gasteiger partial charge in [0.05, 0.1) is 13.1 Å².